The number of furan rings is 1. The lowest BCUT2D eigenvalue weighted by molar-refractivity contribution is 0.0654. The summed E-state index contributed by atoms with van der Waals surface area (Å²) in [5, 5.41) is 39.2. The van der Waals surface area contributed by atoms with Gasteiger partial charge in [-0.1, -0.05) is 72.8 Å². The van der Waals surface area contributed by atoms with Crippen LogP contribution in [-0.4, -0.2) is 53.7 Å². The van der Waals surface area contributed by atoms with Crippen molar-refractivity contribution in [1.29, 1.82) is 0 Å². The molecule has 8 aromatic rings. The van der Waals surface area contributed by atoms with E-state index in [0.29, 0.717) is 38.6 Å². The van der Waals surface area contributed by atoms with Crippen LogP contribution in [-0.2, 0) is 0 Å². The number of aromatic nitrogens is 2. The number of nitrogens with zero attached hydrogens (tertiary/aromatic N) is 2. The predicted octanol–water partition coefficient (Wildman–Crippen LogP) is 7.00. The molecule has 8 rings (SSSR count). The van der Waals surface area contributed by atoms with Crippen molar-refractivity contribution in [1.82, 2.24) is 9.38 Å². The number of pyridine rings is 1. The van der Waals surface area contributed by atoms with E-state index >= 15 is 0 Å². The minimum absolute atomic E-state index is 0.0364. The van der Waals surface area contributed by atoms with E-state index in [1.54, 1.807) is 84.9 Å². The number of rotatable bonds is 6. The van der Waals surface area contributed by atoms with Crippen LogP contribution >= 0.6 is 0 Å². The first kappa shape index (κ1) is 31.3. The lowest BCUT2D eigenvalue weighted by Crippen LogP contribution is -2.15. The van der Waals surface area contributed by atoms with Gasteiger partial charge in [0.05, 0.1) is 22.2 Å². The van der Waals surface area contributed by atoms with E-state index in [9.17, 15) is 44.4 Å². The molecule has 0 atom stereocenters. The van der Waals surface area contributed by atoms with E-state index in [2.05, 4.69) is 4.98 Å². The van der Waals surface area contributed by atoms with Crippen LogP contribution in [0.4, 0.5) is 0 Å². The van der Waals surface area contributed by atoms with Gasteiger partial charge in [-0.15, -0.1) is 0 Å². The summed E-state index contributed by atoms with van der Waals surface area (Å²) in [6.07, 6.45) is 0. The van der Waals surface area contributed by atoms with Gasteiger partial charge in [0.15, 0.2) is 0 Å². The van der Waals surface area contributed by atoms with Gasteiger partial charge in [0, 0.05) is 32.7 Å². The van der Waals surface area contributed by atoms with Crippen molar-refractivity contribution in [3.05, 3.63) is 142 Å². The van der Waals surface area contributed by atoms with Gasteiger partial charge in [-0.3, -0.25) is 9.20 Å². The summed E-state index contributed by atoms with van der Waals surface area (Å²) in [7, 11) is 0. The van der Waals surface area contributed by atoms with Crippen molar-refractivity contribution in [2.24, 2.45) is 0 Å². The Hall–Kier alpha value is -7.34. The SMILES string of the molecule is O=C(O)c1c(-c2ccccc2)oc(-c2ccccc2)c1C(=O)O.O=C(O)c1ccc2c(=O)n3c4ccccc4nc3c3ccc(C(=O)O)c1c23. The average molecular weight is 667 g/mol. The molecular weight excluding hydrogens is 644 g/mol. The zero-order valence-electron chi connectivity index (χ0n) is 25.5. The van der Waals surface area contributed by atoms with Crippen LogP contribution in [0.15, 0.2) is 118 Å². The molecule has 3 heterocycles. The van der Waals surface area contributed by atoms with E-state index < -0.39 is 23.9 Å². The molecular formula is C38H22N2O10. The summed E-state index contributed by atoms with van der Waals surface area (Å²) in [4.78, 5) is 64.3. The van der Waals surface area contributed by atoms with Gasteiger partial charge < -0.3 is 24.8 Å². The first-order chi connectivity index (χ1) is 24.1. The first-order valence-corrected chi connectivity index (χ1v) is 14.9. The van der Waals surface area contributed by atoms with Gasteiger partial charge in [0.1, 0.15) is 28.3 Å². The Morgan fingerprint density at radius 2 is 1.02 bits per heavy atom. The summed E-state index contributed by atoms with van der Waals surface area (Å²) in [6, 6.07) is 30.0. The van der Waals surface area contributed by atoms with Gasteiger partial charge in [0.25, 0.3) is 5.56 Å². The molecule has 0 unspecified atom stereocenters. The summed E-state index contributed by atoms with van der Waals surface area (Å²) < 4.78 is 7.16. The Bertz CT molecular complexity index is 2640. The van der Waals surface area contributed by atoms with Gasteiger partial charge in [-0.2, -0.15) is 0 Å². The number of fused-ring (bicyclic) bond motifs is 4. The Balaban J connectivity index is 0.000000159. The third-order valence-corrected chi connectivity index (χ3v) is 8.26. The second-order valence-electron chi connectivity index (χ2n) is 11.1. The topological polar surface area (TPSA) is 197 Å². The summed E-state index contributed by atoms with van der Waals surface area (Å²) in [6.45, 7) is 0. The highest BCUT2D eigenvalue weighted by Crippen LogP contribution is 2.38. The van der Waals surface area contributed by atoms with Crippen LogP contribution in [0.1, 0.15) is 41.4 Å². The molecule has 5 aromatic carbocycles. The molecule has 0 spiro atoms. The standard InChI is InChI=1S/C20H10N2O5.C18H12O5/c23-18-10-6-8-12(20(26)27)16-11(19(24)25)7-5-9(15(10)16)17-21-13-3-1-2-4-14(13)22(17)18;19-17(20)13-14(18(21)22)16(12-9-5-2-6-10-12)23-15(13)11-7-3-1-4-8-11/h1-8H,(H,24,25)(H,26,27);1-10H,(H,19,20)(H,21,22). The molecule has 0 fully saturated rings. The third-order valence-electron chi connectivity index (χ3n) is 8.26. The predicted molar refractivity (Wildman–Crippen MR) is 183 cm³/mol. The van der Waals surface area contributed by atoms with E-state index in [-0.39, 0.29) is 50.1 Å². The molecule has 0 saturated heterocycles. The number of hydrogen-bond acceptors (Lipinski definition) is 7. The minimum Gasteiger partial charge on any atom is -0.478 e. The number of carbonyl (C=O) groups is 4. The van der Waals surface area contributed by atoms with Crippen molar-refractivity contribution in [2.75, 3.05) is 0 Å². The van der Waals surface area contributed by atoms with Crippen molar-refractivity contribution >= 4 is 62.1 Å². The molecule has 12 nitrogen and oxygen atoms in total. The normalized spacial score (nSPS) is 11.1. The minimum atomic E-state index is -1.34. The quantitative estimate of drug-likeness (QED) is 0.143. The molecule has 3 aromatic heterocycles. The summed E-state index contributed by atoms with van der Waals surface area (Å²) in [5.74, 6) is -5.12. The molecule has 0 aliphatic carbocycles. The second-order valence-corrected chi connectivity index (χ2v) is 11.1. The fraction of sp³-hybridized carbons (Fsp3) is 0. The van der Waals surface area contributed by atoms with Crippen molar-refractivity contribution in [3.8, 4) is 22.6 Å². The average Bonchev–Trinajstić information content (AvgIpc) is 3.72. The Morgan fingerprint density at radius 1 is 0.540 bits per heavy atom. The number of aromatic carboxylic acids is 4. The third kappa shape index (κ3) is 4.95. The molecule has 0 radical (unpaired) electrons. The van der Waals surface area contributed by atoms with Gasteiger partial charge in [0.2, 0.25) is 0 Å². The number of imidazole rings is 1. The maximum absolute atomic E-state index is 13.2. The van der Waals surface area contributed by atoms with Crippen molar-refractivity contribution < 1.29 is 44.0 Å². The Morgan fingerprint density at radius 3 is 1.52 bits per heavy atom. The largest absolute Gasteiger partial charge is 0.478 e. The molecule has 4 N–H and O–H groups in total. The number of benzene rings is 5. The lowest BCUT2D eigenvalue weighted by atomic mass is 9.94. The molecule has 244 valence electrons. The van der Waals surface area contributed by atoms with Gasteiger partial charge in [-0.05, 0) is 36.4 Å². The molecule has 0 aliphatic heterocycles. The molecule has 0 saturated carbocycles. The molecule has 12 heteroatoms. The number of carboxylic acids is 4. The lowest BCUT2D eigenvalue weighted by Gasteiger charge is -2.11. The highest BCUT2D eigenvalue weighted by molar-refractivity contribution is 6.24. The molecule has 0 bridgehead atoms. The van der Waals surface area contributed by atoms with Crippen LogP contribution in [0, 0.1) is 0 Å². The summed E-state index contributed by atoms with van der Waals surface area (Å²) in [5.41, 5.74) is 1.28. The Kier molecular flexibility index (Phi) is 7.52. The van der Waals surface area contributed by atoms with Crippen LogP contribution in [0.2, 0.25) is 0 Å². The smallest absolute Gasteiger partial charge is 0.340 e. The highest BCUT2D eigenvalue weighted by Gasteiger charge is 2.31. The highest BCUT2D eigenvalue weighted by atomic mass is 16.4. The van der Waals surface area contributed by atoms with Crippen LogP contribution < -0.4 is 5.56 Å². The van der Waals surface area contributed by atoms with Gasteiger partial charge in [-0.25, -0.2) is 24.2 Å². The van der Waals surface area contributed by atoms with Crippen LogP contribution in [0.25, 0.3) is 60.9 Å². The molecule has 0 aliphatic rings. The zero-order valence-corrected chi connectivity index (χ0v) is 25.5. The zero-order chi connectivity index (χ0) is 35.3. The fourth-order valence-corrected chi connectivity index (χ4v) is 6.17. The summed E-state index contributed by atoms with van der Waals surface area (Å²) >= 11 is 0. The van der Waals surface area contributed by atoms with Crippen LogP contribution in [0.3, 0.4) is 0 Å². The first-order valence-electron chi connectivity index (χ1n) is 14.9. The van der Waals surface area contributed by atoms with Gasteiger partial charge >= 0.3 is 23.9 Å². The number of para-hydroxylation sites is 2. The molecule has 50 heavy (non-hydrogen) atoms. The van der Waals surface area contributed by atoms with Crippen molar-refractivity contribution in [2.45, 2.75) is 0 Å². The monoisotopic (exact) mass is 666 g/mol. The van der Waals surface area contributed by atoms with E-state index in [1.165, 1.54) is 22.6 Å². The van der Waals surface area contributed by atoms with E-state index in [0.717, 1.165) is 0 Å². The number of carboxylic acid groups (broad SMARTS) is 4. The Labute approximate surface area is 279 Å². The molecule has 0 amide bonds. The van der Waals surface area contributed by atoms with E-state index in [4.69, 9.17) is 4.42 Å². The van der Waals surface area contributed by atoms with Crippen molar-refractivity contribution in [3.63, 3.8) is 0 Å². The maximum Gasteiger partial charge on any atom is 0.340 e. The maximum atomic E-state index is 13.2. The second kappa shape index (κ2) is 12.0. The van der Waals surface area contributed by atoms with E-state index in [1.807, 2.05) is 6.07 Å². The van der Waals surface area contributed by atoms with Crippen LogP contribution in [0.5, 0.6) is 0 Å². The number of hydrogen-bond donors (Lipinski definition) is 4. The fourth-order valence-electron chi connectivity index (χ4n) is 6.17.